The zero-order valence-electron chi connectivity index (χ0n) is 47.9. The molecule has 13 N–H and O–H groups in total. The third kappa shape index (κ3) is 15.6. The van der Waals surface area contributed by atoms with E-state index in [0.717, 1.165) is 53.2 Å². The number of morpholine rings is 1. The molecule has 7 amide bonds. The molecule has 8 rings (SSSR count). The Kier molecular flexibility index (Phi) is 21.9. The van der Waals surface area contributed by atoms with Gasteiger partial charge in [-0.15, -0.1) is 10.2 Å². The average Bonchev–Trinajstić information content (AvgIpc) is 1.92. The molecular weight excluding hydrogens is 1190 g/mol. The van der Waals surface area contributed by atoms with Gasteiger partial charge in [-0.1, -0.05) is 45.8 Å². The van der Waals surface area contributed by atoms with Crippen LogP contribution in [0.4, 0.5) is 5.69 Å². The second kappa shape index (κ2) is 29.1. The number of nitrogens with one attached hydrogen (secondary N) is 5. The van der Waals surface area contributed by atoms with Gasteiger partial charge in [0.1, 0.15) is 56.9 Å². The number of hydrogen-bond acceptors (Lipinski definition) is 23. The number of aliphatic hydroxyl groups is 6. The second-order valence-electron chi connectivity index (χ2n) is 22.2. The third-order valence-electron chi connectivity index (χ3n) is 15.5. The SMILES string of the molecule is [C-]#[N+]C[C@@H](O)[C@@H]1NC(=O)C([C@H](O)Cc2ccc(O)c(S(=O)OOO)c2)NC(=O)C2CC(O)CN2C(=O)C(C(C)O)NC(=O)[C@@H](NC(=O)c2ccc(-c3nnc(-c4ccc(N5CC(C)OC(C)C5)cc4)s3)cc2)C[C@H](O)CNC(=O)C2[C@@H](O)C(C)CN2C1=O. The van der Waals surface area contributed by atoms with E-state index in [1.807, 2.05) is 38.1 Å². The van der Waals surface area contributed by atoms with Crippen molar-refractivity contribution in [3.8, 4) is 26.9 Å². The predicted octanol–water partition coefficient (Wildman–Crippen LogP) is -2.50. The Labute approximate surface area is 510 Å². The van der Waals surface area contributed by atoms with Crippen LogP contribution in [0.2, 0.25) is 0 Å². The summed E-state index contributed by atoms with van der Waals surface area (Å²) in [5, 5.41) is 112. The van der Waals surface area contributed by atoms with Gasteiger partial charge in [0.2, 0.25) is 53.1 Å². The van der Waals surface area contributed by atoms with Crippen LogP contribution in [0.1, 0.15) is 56.5 Å². The van der Waals surface area contributed by atoms with E-state index in [2.05, 4.69) is 55.9 Å². The molecule has 4 saturated heterocycles. The molecule has 0 bridgehead atoms. The van der Waals surface area contributed by atoms with Gasteiger partial charge in [0.25, 0.3) is 5.91 Å². The highest BCUT2D eigenvalue weighted by Gasteiger charge is 2.50. The lowest BCUT2D eigenvalue weighted by Gasteiger charge is -2.36. The van der Waals surface area contributed by atoms with Crippen molar-refractivity contribution in [2.75, 3.05) is 44.2 Å². The number of rotatable bonds is 14. The van der Waals surface area contributed by atoms with Crippen LogP contribution in [0.25, 0.3) is 26.0 Å². The number of phenols is 1. The Morgan fingerprint density at radius 1 is 0.784 bits per heavy atom. The van der Waals surface area contributed by atoms with Gasteiger partial charge in [0, 0.05) is 80.3 Å². The summed E-state index contributed by atoms with van der Waals surface area (Å²) in [5.41, 5.74) is 2.46. The minimum atomic E-state index is -2.67. The van der Waals surface area contributed by atoms with Gasteiger partial charge < -0.3 is 86.6 Å². The van der Waals surface area contributed by atoms with Crippen molar-refractivity contribution in [2.45, 2.75) is 137 Å². The van der Waals surface area contributed by atoms with Gasteiger partial charge in [-0.25, -0.2) is 16.0 Å². The van der Waals surface area contributed by atoms with Gasteiger partial charge in [-0.3, -0.25) is 33.6 Å². The van der Waals surface area contributed by atoms with E-state index < -0.39 is 181 Å². The molecule has 30 nitrogen and oxygen atoms in total. The normalized spacial score (nSPS) is 28.4. The largest absolute Gasteiger partial charge is 0.507 e. The smallest absolute Gasteiger partial charge is 0.251 e. The van der Waals surface area contributed by atoms with Crippen LogP contribution in [-0.2, 0) is 60.4 Å². The summed E-state index contributed by atoms with van der Waals surface area (Å²) in [7, 11) is 0. The Balaban J connectivity index is 1.08. The summed E-state index contributed by atoms with van der Waals surface area (Å²) in [6, 6.07) is 5.62. The maximum atomic E-state index is 14.6. The number of fused-ring (bicyclic) bond motifs is 2. The van der Waals surface area contributed by atoms with Crippen molar-refractivity contribution < 1.29 is 92.9 Å². The second-order valence-corrected chi connectivity index (χ2v) is 24.2. The molecule has 16 atom stereocenters. The molecule has 0 aliphatic carbocycles. The number of hydrogen-bond donors (Lipinski definition) is 13. The highest BCUT2D eigenvalue weighted by Crippen LogP contribution is 2.33. The average molecular weight is 1260 g/mol. The minimum absolute atomic E-state index is 0.00847. The quantitative estimate of drug-likeness (QED) is 0.0353. The fourth-order valence-electron chi connectivity index (χ4n) is 11.0. The van der Waals surface area contributed by atoms with Crippen molar-refractivity contribution in [3.05, 3.63) is 89.3 Å². The number of aromatic nitrogens is 2. The van der Waals surface area contributed by atoms with Crippen molar-refractivity contribution in [1.82, 2.24) is 46.6 Å². The summed E-state index contributed by atoms with van der Waals surface area (Å²) in [5.74, 6) is -9.66. The lowest BCUT2D eigenvalue weighted by atomic mass is 9.99. The molecule has 4 aromatic rings. The molecule has 4 aliphatic rings. The topological polar surface area (TPSA) is 426 Å². The number of aromatic hydroxyl groups is 1. The first-order valence-electron chi connectivity index (χ1n) is 28.0. The first-order chi connectivity index (χ1) is 41.8. The van der Waals surface area contributed by atoms with E-state index in [0.29, 0.717) is 15.6 Å². The molecule has 3 aromatic carbocycles. The number of carbonyl (C=O) groups excluding carboxylic acids is 7. The first-order valence-corrected chi connectivity index (χ1v) is 29.9. The van der Waals surface area contributed by atoms with E-state index in [-0.39, 0.29) is 29.9 Å². The molecule has 4 aliphatic heterocycles. The maximum absolute atomic E-state index is 14.6. The Hall–Kier alpha value is -7.65. The lowest BCUT2D eigenvalue weighted by Crippen LogP contribution is -2.64. The molecule has 1 aromatic heterocycles. The third-order valence-corrected chi connectivity index (χ3v) is 17.4. The Morgan fingerprint density at radius 2 is 1.40 bits per heavy atom. The number of β-amino-alcohol motifs (C(OH)–C–C–N with tert-alkyl or cyclic N) is 1. The first kappa shape index (κ1) is 66.3. The van der Waals surface area contributed by atoms with Crippen molar-refractivity contribution >= 4 is 69.5 Å². The predicted molar refractivity (Wildman–Crippen MR) is 309 cm³/mol. The van der Waals surface area contributed by atoms with Gasteiger partial charge in [0.05, 0.1) is 42.7 Å². The molecule has 4 fully saturated rings. The van der Waals surface area contributed by atoms with E-state index in [9.17, 15) is 73.5 Å². The molecular formula is C56H69N11O19S2. The Morgan fingerprint density at radius 3 is 2.02 bits per heavy atom. The van der Waals surface area contributed by atoms with Gasteiger partial charge >= 0.3 is 0 Å². The summed E-state index contributed by atoms with van der Waals surface area (Å²) in [4.78, 5) is 107. The van der Waals surface area contributed by atoms with Crippen molar-refractivity contribution in [2.24, 2.45) is 5.92 Å². The number of ether oxygens (including phenoxy) is 1. The molecule has 5 heterocycles. The van der Waals surface area contributed by atoms with E-state index in [4.69, 9.17) is 16.6 Å². The number of anilines is 1. The summed E-state index contributed by atoms with van der Waals surface area (Å²) >= 11 is -1.36. The van der Waals surface area contributed by atoms with Gasteiger partial charge in [-0.05, 0) is 74.9 Å². The molecule has 474 valence electrons. The number of carbonyl (C=O) groups is 7. The summed E-state index contributed by atoms with van der Waals surface area (Å²) < 4.78 is 22.6. The zero-order valence-corrected chi connectivity index (χ0v) is 49.6. The number of nitrogens with zero attached hydrogens (tertiary/aromatic N) is 6. The molecule has 32 heteroatoms. The highest BCUT2D eigenvalue weighted by molar-refractivity contribution is 7.80. The van der Waals surface area contributed by atoms with Crippen LogP contribution < -0.4 is 31.5 Å². The number of amides is 7. The zero-order chi connectivity index (χ0) is 63.8. The van der Waals surface area contributed by atoms with E-state index >= 15 is 0 Å². The number of aliphatic hydroxyl groups excluding tert-OH is 6. The molecule has 10 unspecified atom stereocenters. The standard InChI is InChI=1S/C56H69N11O19S2/c1-26-22-67-46(47(26)74)52(79)58-20-35(69)18-37(59-48(75)31-7-9-32(10-8-31)53-63-64-54(87-53)33-11-13-34(14-12-33)65-23-27(2)84-28(3)24-65)49(76)60-43(29(4)68)55(80)66-25-36(70)19-38(66)50(77)61-44(51(78)62-45(56(67)81)41(73)21-57-5)40(72)16-30-6-15-39(71)42(17-30)88(83)86-85-82/h6-15,17,26-29,35-38,40-41,43-47,68-74,82H,16,18-25H2,1-4H3,(H,58,79)(H,59,75)(H,60,76)(H,61,77)(H,62,78)/t26?,27?,28?,29?,35-,36?,37-,38?,40+,41+,43?,44?,45-,46?,47-,88?/m0/s1. The molecule has 0 spiro atoms. The minimum Gasteiger partial charge on any atom is -0.507 e. The van der Waals surface area contributed by atoms with Crippen LogP contribution in [-0.4, -0.2) is 231 Å². The summed E-state index contributed by atoms with van der Waals surface area (Å²) in [6.07, 6.45) is -12.4. The lowest BCUT2D eigenvalue weighted by molar-refractivity contribution is -0.435. The van der Waals surface area contributed by atoms with E-state index in [1.165, 1.54) is 36.5 Å². The molecule has 0 radical (unpaired) electrons. The molecule has 88 heavy (non-hydrogen) atoms. The van der Waals surface area contributed by atoms with Crippen LogP contribution in [0.15, 0.2) is 71.6 Å². The van der Waals surface area contributed by atoms with Crippen molar-refractivity contribution in [3.63, 3.8) is 0 Å². The highest BCUT2D eigenvalue weighted by atomic mass is 32.2. The van der Waals surface area contributed by atoms with E-state index in [1.54, 1.807) is 12.1 Å². The fourth-order valence-corrected chi connectivity index (χ4v) is 12.5. The monoisotopic (exact) mass is 1260 g/mol. The van der Waals surface area contributed by atoms with Crippen LogP contribution >= 0.6 is 11.3 Å². The Bertz CT molecular complexity index is 3250. The molecule has 0 saturated carbocycles. The van der Waals surface area contributed by atoms with Crippen molar-refractivity contribution in [1.29, 1.82) is 0 Å². The van der Waals surface area contributed by atoms with Crippen LogP contribution in [0, 0.1) is 12.5 Å². The fraction of sp³-hybridized carbons (Fsp3) is 0.500. The number of phenolic OH excluding ortho intramolecular Hbond substituents is 1. The number of benzene rings is 3. The maximum Gasteiger partial charge on any atom is 0.251 e. The van der Waals surface area contributed by atoms with Gasteiger partial charge in [-0.2, -0.15) is 0 Å². The van der Waals surface area contributed by atoms with Crippen LogP contribution in [0.5, 0.6) is 5.75 Å². The van der Waals surface area contributed by atoms with Gasteiger partial charge in [0.15, 0.2) is 6.10 Å². The summed E-state index contributed by atoms with van der Waals surface area (Å²) in [6.45, 7) is 13.1. The van der Waals surface area contributed by atoms with Crippen LogP contribution in [0.3, 0.4) is 0 Å².